The molecule has 0 atom stereocenters. The minimum Gasteiger partial charge on any atom is -0.335 e. The third-order valence-corrected chi connectivity index (χ3v) is 5.68. The van der Waals surface area contributed by atoms with Crippen LogP contribution in [0.5, 0.6) is 0 Å². The van der Waals surface area contributed by atoms with Gasteiger partial charge in [-0.05, 0) is 31.0 Å². The molecule has 2 amide bonds. The quantitative estimate of drug-likeness (QED) is 0.826. The fourth-order valence-corrected chi connectivity index (χ4v) is 4.03. The third-order valence-electron chi connectivity index (χ3n) is 5.68. The Balaban J connectivity index is 1.32. The Morgan fingerprint density at radius 1 is 1.11 bits per heavy atom. The summed E-state index contributed by atoms with van der Waals surface area (Å²) in [6.07, 6.45) is 10.6. The lowest BCUT2D eigenvalue weighted by Crippen LogP contribution is -2.56. The molecule has 1 N–H and O–H groups in total. The zero-order valence-corrected chi connectivity index (χ0v) is 16.1. The van der Waals surface area contributed by atoms with Crippen LogP contribution in [0.25, 0.3) is 11.3 Å². The van der Waals surface area contributed by atoms with Gasteiger partial charge in [-0.2, -0.15) is 5.10 Å². The van der Waals surface area contributed by atoms with Gasteiger partial charge >= 0.3 is 6.03 Å². The summed E-state index contributed by atoms with van der Waals surface area (Å²) in [7, 11) is 0. The molecule has 28 heavy (non-hydrogen) atoms. The Bertz CT molecular complexity index is 853. The van der Waals surface area contributed by atoms with E-state index in [1.807, 2.05) is 17.0 Å². The van der Waals surface area contributed by atoms with E-state index in [4.69, 9.17) is 0 Å². The molecule has 0 spiro atoms. The van der Waals surface area contributed by atoms with Gasteiger partial charge in [0.05, 0.1) is 12.2 Å². The number of nitrogens with one attached hydrogen (secondary N) is 1. The molecule has 0 unspecified atom stereocenters. The van der Waals surface area contributed by atoms with E-state index in [2.05, 4.69) is 15.4 Å². The number of rotatable bonds is 4. The average molecular weight is 381 g/mol. The number of aromatic nitrogens is 3. The molecule has 2 fully saturated rings. The van der Waals surface area contributed by atoms with Gasteiger partial charge in [-0.15, -0.1) is 0 Å². The smallest absolute Gasteiger partial charge is 0.317 e. The van der Waals surface area contributed by atoms with E-state index in [0.29, 0.717) is 25.7 Å². The highest BCUT2D eigenvalue weighted by molar-refractivity contribution is 5.75. The first-order chi connectivity index (χ1) is 13.7. The summed E-state index contributed by atoms with van der Waals surface area (Å²) in [5.74, 6) is 0.259. The van der Waals surface area contributed by atoms with Crippen LogP contribution in [0.15, 0.2) is 41.5 Å². The molecule has 0 radical (unpaired) electrons. The van der Waals surface area contributed by atoms with Crippen LogP contribution in [0.3, 0.4) is 0 Å². The number of amides is 2. The molecule has 2 aromatic rings. The molecule has 1 saturated heterocycles. The van der Waals surface area contributed by atoms with E-state index in [9.17, 15) is 9.59 Å². The number of nitrogens with zero attached hydrogens (tertiary/aromatic N) is 4. The van der Waals surface area contributed by atoms with Crippen LogP contribution in [-0.4, -0.2) is 44.8 Å². The summed E-state index contributed by atoms with van der Waals surface area (Å²) in [4.78, 5) is 30.6. The molecule has 4 rings (SSSR count). The number of urea groups is 1. The topological polar surface area (TPSA) is 80.1 Å². The van der Waals surface area contributed by atoms with E-state index in [1.165, 1.54) is 30.4 Å². The second kappa shape index (κ2) is 8.54. The molecule has 1 aliphatic heterocycles. The minimum absolute atomic E-state index is 0.0348. The van der Waals surface area contributed by atoms with Gasteiger partial charge in [0.2, 0.25) is 0 Å². The highest BCUT2D eigenvalue weighted by Gasteiger charge is 2.32. The molecule has 2 aromatic heterocycles. The van der Waals surface area contributed by atoms with Crippen molar-refractivity contribution < 1.29 is 4.79 Å². The van der Waals surface area contributed by atoms with Crippen LogP contribution in [0.1, 0.15) is 38.5 Å². The van der Waals surface area contributed by atoms with Crippen molar-refractivity contribution in [2.24, 2.45) is 5.92 Å². The Kier molecular flexibility index (Phi) is 5.69. The van der Waals surface area contributed by atoms with Crippen molar-refractivity contribution in [3.05, 3.63) is 47.0 Å². The van der Waals surface area contributed by atoms with Gasteiger partial charge < -0.3 is 10.2 Å². The first kappa shape index (κ1) is 18.7. The molecule has 1 saturated carbocycles. The van der Waals surface area contributed by atoms with Crippen LogP contribution < -0.4 is 10.9 Å². The van der Waals surface area contributed by atoms with Crippen molar-refractivity contribution >= 4 is 6.03 Å². The second-order valence-electron chi connectivity index (χ2n) is 7.89. The van der Waals surface area contributed by atoms with Gasteiger partial charge in [0.15, 0.2) is 0 Å². The fourth-order valence-electron chi connectivity index (χ4n) is 4.03. The molecule has 1 aliphatic carbocycles. The van der Waals surface area contributed by atoms with Crippen LogP contribution >= 0.6 is 0 Å². The number of hydrogen-bond acceptors (Lipinski definition) is 4. The fraction of sp³-hybridized carbons (Fsp3) is 0.524. The third kappa shape index (κ3) is 4.40. The molecule has 2 aliphatic rings. The summed E-state index contributed by atoms with van der Waals surface area (Å²) in [6.45, 7) is 1.87. The standard InChI is InChI=1S/C21H27N5O2/c27-20-10-9-19(17-6-5-11-22-12-17)24-26(20)15-16-13-25(14-16)21(28)23-18-7-3-1-2-4-8-18/h5-6,9-12,16,18H,1-4,7-8,13-15H2,(H,23,28). The summed E-state index contributed by atoms with van der Waals surface area (Å²) in [5.41, 5.74) is 1.50. The molecule has 7 nitrogen and oxygen atoms in total. The lowest BCUT2D eigenvalue weighted by molar-refractivity contribution is 0.104. The van der Waals surface area contributed by atoms with Crippen molar-refractivity contribution in [2.45, 2.75) is 51.1 Å². The molecule has 0 aromatic carbocycles. The first-order valence-electron chi connectivity index (χ1n) is 10.2. The van der Waals surface area contributed by atoms with Gasteiger partial charge in [-0.3, -0.25) is 9.78 Å². The van der Waals surface area contributed by atoms with Gasteiger partial charge in [0.25, 0.3) is 5.56 Å². The lowest BCUT2D eigenvalue weighted by atomic mass is 10.0. The summed E-state index contributed by atoms with van der Waals surface area (Å²) in [5, 5.41) is 7.67. The van der Waals surface area contributed by atoms with Crippen molar-refractivity contribution in [1.29, 1.82) is 0 Å². The van der Waals surface area contributed by atoms with E-state index < -0.39 is 0 Å². The highest BCUT2D eigenvalue weighted by atomic mass is 16.2. The minimum atomic E-state index is -0.117. The Labute approximate surface area is 164 Å². The predicted octanol–water partition coefficient (Wildman–Crippen LogP) is 2.67. The van der Waals surface area contributed by atoms with Gasteiger partial charge in [0, 0.05) is 49.1 Å². The second-order valence-corrected chi connectivity index (χ2v) is 7.89. The first-order valence-corrected chi connectivity index (χ1v) is 10.2. The maximum atomic E-state index is 12.4. The van der Waals surface area contributed by atoms with E-state index in [1.54, 1.807) is 24.5 Å². The molecule has 3 heterocycles. The number of likely N-dealkylation sites (tertiary alicyclic amines) is 1. The monoisotopic (exact) mass is 381 g/mol. The Morgan fingerprint density at radius 3 is 2.61 bits per heavy atom. The molecule has 148 valence electrons. The summed E-state index contributed by atoms with van der Waals surface area (Å²) in [6, 6.07) is 7.39. The maximum Gasteiger partial charge on any atom is 0.317 e. The zero-order valence-electron chi connectivity index (χ0n) is 16.1. The normalized spacial score (nSPS) is 18.4. The van der Waals surface area contributed by atoms with E-state index in [-0.39, 0.29) is 17.5 Å². The molecular weight excluding hydrogens is 354 g/mol. The molecular formula is C21H27N5O2. The van der Waals surface area contributed by atoms with Gasteiger partial charge in [-0.25, -0.2) is 9.48 Å². The largest absolute Gasteiger partial charge is 0.335 e. The summed E-state index contributed by atoms with van der Waals surface area (Å²) >= 11 is 0. The van der Waals surface area contributed by atoms with Crippen molar-refractivity contribution in [3.8, 4) is 11.3 Å². The summed E-state index contributed by atoms with van der Waals surface area (Å²) < 4.78 is 1.51. The predicted molar refractivity (Wildman–Crippen MR) is 107 cm³/mol. The van der Waals surface area contributed by atoms with Crippen LogP contribution in [-0.2, 0) is 6.54 Å². The lowest BCUT2D eigenvalue weighted by Gasteiger charge is -2.39. The molecule has 0 bridgehead atoms. The average Bonchev–Trinajstić information content (AvgIpc) is 2.95. The van der Waals surface area contributed by atoms with Crippen LogP contribution in [0.2, 0.25) is 0 Å². The number of pyridine rings is 1. The van der Waals surface area contributed by atoms with Crippen molar-refractivity contribution in [2.75, 3.05) is 13.1 Å². The van der Waals surface area contributed by atoms with Crippen LogP contribution in [0, 0.1) is 5.92 Å². The molecule has 7 heteroatoms. The van der Waals surface area contributed by atoms with E-state index in [0.717, 1.165) is 24.1 Å². The van der Waals surface area contributed by atoms with Crippen molar-refractivity contribution in [1.82, 2.24) is 25.0 Å². The van der Waals surface area contributed by atoms with Gasteiger partial charge in [-0.1, -0.05) is 25.7 Å². The highest BCUT2D eigenvalue weighted by Crippen LogP contribution is 2.21. The number of carbonyl (C=O) groups is 1. The maximum absolute atomic E-state index is 12.4. The Hall–Kier alpha value is -2.70. The van der Waals surface area contributed by atoms with Gasteiger partial charge in [0.1, 0.15) is 0 Å². The van der Waals surface area contributed by atoms with Crippen molar-refractivity contribution in [3.63, 3.8) is 0 Å². The van der Waals surface area contributed by atoms with Crippen LogP contribution in [0.4, 0.5) is 4.79 Å². The van der Waals surface area contributed by atoms with E-state index >= 15 is 0 Å². The SMILES string of the molecule is O=C(NC1CCCCCC1)N1CC(Cn2nc(-c3cccnc3)ccc2=O)C1. The number of hydrogen-bond donors (Lipinski definition) is 1. The number of carbonyl (C=O) groups excluding carboxylic acids is 1. The Morgan fingerprint density at radius 2 is 1.89 bits per heavy atom. The zero-order chi connectivity index (χ0) is 19.3.